The smallest absolute Gasteiger partial charge is 0.160 e. The molecule has 2 heterocycles. The van der Waals surface area contributed by atoms with Gasteiger partial charge in [0.05, 0.1) is 16.9 Å². The van der Waals surface area contributed by atoms with Gasteiger partial charge in [-0.05, 0) is 73.5 Å². The lowest BCUT2D eigenvalue weighted by Crippen LogP contribution is -1.96. The van der Waals surface area contributed by atoms with Crippen LogP contribution in [0.5, 0.6) is 0 Å². The third kappa shape index (κ3) is 4.63. The molecule has 0 radical (unpaired) electrons. The summed E-state index contributed by atoms with van der Waals surface area (Å²) in [6.45, 7) is 0. The van der Waals surface area contributed by atoms with Gasteiger partial charge >= 0.3 is 0 Å². The lowest BCUT2D eigenvalue weighted by molar-refractivity contribution is 1.18. The van der Waals surface area contributed by atoms with Crippen molar-refractivity contribution in [3.05, 3.63) is 176 Å². The van der Waals surface area contributed by atoms with Gasteiger partial charge in [-0.15, -0.1) is 0 Å². The van der Waals surface area contributed by atoms with Crippen LogP contribution in [0.2, 0.25) is 0 Å². The summed E-state index contributed by atoms with van der Waals surface area (Å²) < 4.78 is 0. The fraction of sp³-hybridized carbons (Fsp3) is 0. The highest BCUT2D eigenvalue weighted by Crippen LogP contribution is 2.49. The molecule has 0 atom stereocenters. The van der Waals surface area contributed by atoms with Crippen LogP contribution in [0.15, 0.2) is 176 Å². The number of hydrogen-bond acceptors (Lipinski definition) is 3. The van der Waals surface area contributed by atoms with E-state index < -0.39 is 0 Å². The Kier molecular flexibility index (Phi) is 6.49. The van der Waals surface area contributed by atoms with E-state index in [-0.39, 0.29) is 0 Å². The molecule has 1 aliphatic rings. The number of nitrogens with zero attached hydrogens (tertiary/aromatic N) is 3. The summed E-state index contributed by atoms with van der Waals surface area (Å²) in [6, 6.07) is 60.1. The quantitative estimate of drug-likeness (QED) is 0.189. The summed E-state index contributed by atoms with van der Waals surface area (Å²) in [7, 11) is 0. The van der Waals surface area contributed by atoms with Crippen LogP contribution in [0.3, 0.4) is 0 Å². The number of benzene rings is 7. The predicted octanol–water partition coefficient (Wildman–Crippen LogP) is 12.2. The van der Waals surface area contributed by atoms with Crippen molar-refractivity contribution in [2.24, 2.45) is 0 Å². The first-order valence-corrected chi connectivity index (χ1v) is 16.9. The molecule has 0 saturated heterocycles. The molecule has 0 N–H and O–H groups in total. The van der Waals surface area contributed by atoms with Gasteiger partial charge in [0.15, 0.2) is 5.82 Å². The Bertz CT molecular complexity index is 2700. The average Bonchev–Trinajstić information content (AvgIpc) is 3.53. The van der Waals surface area contributed by atoms with E-state index in [4.69, 9.17) is 9.97 Å². The highest BCUT2D eigenvalue weighted by atomic mass is 14.9. The van der Waals surface area contributed by atoms with Gasteiger partial charge in [0, 0.05) is 28.3 Å². The SMILES string of the molecule is c1ccc(-c2cc(-c3ccc(-c4ccnc5ccccc45)cc3)nc(-c3ccc(-c4ccc5c6c(cccc46)-c4ccccc4-5)cc3)n2)cc1. The van der Waals surface area contributed by atoms with E-state index in [1.54, 1.807) is 0 Å². The third-order valence-corrected chi connectivity index (χ3v) is 9.94. The van der Waals surface area contributed by atoms with Gasteiger partial charge < -0.3 is 0 Å². The Hall–Kier alpha value is -6.71. The Morgan fingerprint density at radius 1 is 0.320 bits per heavy atom. The molecule has 0 fully saturated rings. The molecule has 232 valence electrons. The monoisotopic (exact) mass is 635 g/mol. The zero-order valence-corrected chi connectivity index (χ0v) is 27.1. The van der Waals surface area contributed by atoms with Crippen molar-refractivity contribution in [2.45, 2.75) is 0 Å². The second kappa shape index (κ2) is 11.5. The van der Waals surface area contributed by atoms with Gasteiger partial charge in [0.1, 0.15) is 0 Å². The second-order valence-electron chi connectivity index (χ2n) is 12.8. The fourth-order valence-corrected chi connectivity index (χ4v) is 7.51. The third-order valence-electron chi connectivity index (χ3n) is 9.94. The van der Waals surface area contributed by atoms with Crippen LogP contribution in [-0.4, -0.2) is 15.0 Å². The molecule has 2 aromatic heterocycles. The molecular formula is C47H29N3. The summed E-state index contributed by atoms with van der Waals surface area (Å²) in [4.78, 5) is 14.8. The Morgan fingerprint density at radius 2 is 0.840 bits per heavy atom. The van der Waals surface area contributed by atoms with Crippen molar-refractivity contribution >= 4 is 21.7 Å². The molecule has 0 spiro atoms. The van der Waals surface area contributed by atoms with Gasteiger partial charge in [0.2, 0.25) is 0 Å². The van der Waals surface area contributed by atoms with E-state index in [0.717, 1.165) is 44.5 Å². The highest BCUT2D eigenvalue weighted by molar-refractivity contribution is 6.18. The predicted molar refractivity (Wildman–Crippen MR) is 206 cm³/mol. The van der Waals surface area contributed by atoms with Crippen molar-refractivity contribution in [1.82, 2.24) is 15.0 Å². The van der Waals surface area contributed by atoms with Crippen LogP contribution in [0.4, 0.5) is 0 Å². The second-order valence-corrected chi connectivity index (χ2v) is 12.8. The first-order chi connectivity index (χ1) is 24.8. The Balaban J connectivity index is 1.04. The largest absolute Gasteiger partial charge is 0.256 e. The van der Waals surface area contributed by atoms with Crippen molar-refractivity contribution in [2.75, 3.05) is 0 Å². The molecular weight excluding hydrogens is 607 g/mol. The highest BCUT2D eigenvalue weighted by Gasteiger charge is 2.22. The molecule has 0 unspecified atom stereocenters. The number of aromatic nitrogens is 3. The van der Waals surface area contributed by atoms with E-state index in [9.17, 15) is 0 Å². The zero-order chi connectivity index (χ0) is 33.0. The molecule has 50 heavy (non-hydrogen) atoms. The Labute approximate surface area is 290 Å². The summed E-state index contributed by atoms with van der Waals surface area (Å²) >= 11 is 0. The van der Waals surface area contributed by atoms with Gasteiger partial charge in [0.25, 0.3) is 0 Å². The van der Waals surface area contributed by atoms with E-state index in [1.165, 1.54) is 49.7 Å². The molecule has 3 heteroatoms. The normalized spacial score (nSPS) is 11.6. The van der Waals surface area contributed by atoms with Gasteiger partial charge in [-0.25, -0.2) is 9.97 Å². The van der Waals surface area contributed by atoms with Crippen LogP contribution in [0.25, 0.3) is 100 Å². The van der Waals surface area contributed by atoms with Crippen LogP contribution in [-0.2, 0) is 0 Å². The topological polar surface area (TPSA) is 38.7 Å². The van der Waals surface area contributed by atoms with Gasteiger partial charge in [-0.2, -0.15) is 0 Å². The van der Waals surface area contributed by atoms with Crippen LogP contribution in [0.1, 0.15) is 0 Å². The molecule has 10 rings (SSSR count). The molecule has 0 saturated carbocycles. The number of hydrogen-bond donors (Lipinski definition) is 0. The number of pyridine rings is 1. The first kappa shape index (κ1) is 28.3. The standard InChI is InChI=1S/C47H29N3/c1-2-9-32(10-3-1)44-29-45(33-21-17-31(18-22-33)36-27-28-48-43-16-7-6-13-39(36)43)50-47(49-44)34-23-19-30(20-24-34)35-25-26-42-38-12-5-4-11-37(38)41-15-8-14-40(35)46(41)42/h1-29H. The molecule has 0 bridgehead atoms. The van der Waals surface area contributed by atoms with Crippen molar-refractivity contribution < 1.29 is 0 Å². The van der Waals surface area contributed by atoms with E-state index in [0.29, 0.717) is 5.82 Å². The first-order valence-electron chi connectivity index (χ1n) is 16.9. The summed E-state index contributed by atoms with van der Waals surface area (Å²) in [5, 5.41) is 3.75. The lowest BCUT2D eigenvalue weighted by atomic mass is 9.94. The number of para-hydroxylation sites is 1. The molecule has 0 aliphatic heterocycles. The van der Waals surface area contributed by atoms with E-state index >= 15 is 0 Å². The van der Waals surface area contributed by atoms with E-state index in [1.807, 2.05) is 18.3 Å². The lowest BCUT2D eigenvalue weighted by Gasteiger charge is -2.12. The zero-order valence-electron chi connectivity index (χ0n) is 27.1. The van der Waals surface area contributed by atoms with Crippen LogP contribution in [0, 0.1) is 0 Å². The van der Waals surface area contributed by atoms with Gasteiger partial charge in [-0.3, -0.25) is 4.98 Å². The number of fused-ring (bicyclic) bond motifs is 4. The molecule has 0 amide bonds. The Morgan fingerprint density at radius 3 is 1.58 bits per heavy atom. The number of rotatable bonds is 5. The minimum absolute atomic E-state index is 0.702. The maximum atomic E-state index is 5.14. The fourth-order valence-electron chi connectivity index (χ4n) is 7.51. The van der Waals surface area contributed by atoms with Crippen LogP contribution >= 0.6 is 0 Å². The minimum Gasteiger partial charge on any atom is -0.256 e. The average molecular weight is 636 g/mol. The summed E-state index contributed by atoms with van der Waals surface area (Å²) in [5.74, 6) is 0.702. The molecule has 9 aromatic rings. The van der Waals surface area contributed by atoms with E-state index in [2.05, 4.69) is 163 Å². The summed E-state index contributed by atoms with van der Waals surface area (Å²) in [6.07, 6.45) is 1.88. The molecule has 7 aromatic carbocycles. The minimum atomic E-state index is 0.702. The van der Waals surface area contributed by atoms with Gasteiger partial charge in [-0.1, -0.05) is 152 Å². The van der Waals surface area contributed by atoms with Crippen molar-refractivity contribution in [3.63, 3.8) is 0 Å². The summed E-state index contributed by atoms with van der Waals surface area (Å²) in [5.41, 5.74) is 15.8. The molecule has 3 nitrogen and oxygen atoms in total. The van der Waals surface area contributed by atoms with Crippen molar-refractivity contribution in [3.8, 4) is 78.4 Å². The maximum absolute atomic E-state index is 5.14. The van der Waals surface area contributed by atoms with Crippen molar-refractivity contribution in [1.29, 1.82) is 0 Å². The molecule has 1 aliphatic carbocycles. The van der Waals surface area contributed by atoms with Crippen LogP contribution < -0.4 is 0 Å². The maximum Gasteiger partial charge on any atom is 0.160 e.